The van der Waals surface area contributed by atoms with E-state index in [0.717, 1.165) is 184 Å². The number of ether oxygens (including phenoxy) is 3. The Morgan fingerprint density at radius 3 is 0.563 bits per heavy atom. The van der Waals surface area contributed by atoms with Crippen molar-refractivity contribution in [2.75, 3.05) is 21.3 Å². The molecule has 0 aromatic heterocycles. The van der Waals surface area contributed by atoms with Gasteiger partial charge in [-0.3, -0.25) is 0 Å². The molecular formula is C120H96O6. The fraction of sp³-hybridized carbons (Fsp3) is 0.175. The van der Waals surface area contributed by atoms with Crippen molar-refractivity contribution in [2.45, 2.75) is 119 Å². The van der Waals surface area contributed by atoms with Crippen molar-refractivity contribution in [3.63, 3.8) is 0 Å². The van der Waals surface area contributed by atoms with Gasteiger partial charge in [-0.15, -0.1) is 0 Å². The summed E-state index contributed by atoms with van der Waals surface area (Å²) in [6.07, 6.45) is 0. The van der Waals surface area contributed by atoms with E-state index in [9.17, 15) is 14.4 Å². The highest BCUT2D eigenvalue weighted by Gasteiger charge is 2.28. The minimum Gasteiger partial charge on any atom is -0.465 e. The van der Waals surface area contributed by atoms with Gasteiger partial charge in [0.1, 0.15) is 0 Å². The molecule has 0 fully saturated rings. The van der Waals surface area contributed by atoms with Crippen LogP contribution in [0.5, 0.6) is 0 Å². The predicted molar refractivity (Wildman–Crippen MR) is 516 cm³/mol. The van der Waals surface area contributed by atoms with Crippen LogP contribution >= 0.6 is 0 Å². The second-order valence-corrected chi connectivity index (χ2v) is 34.2. The molecule has 12 aliphatic carbocycles. The average molecular weight is 1630 g/mol. The van der Waals surface area contributed by atoms with Gasteiger partial charge in [0.25, 0.3) is 0 Å². The van der Waals surface area contributed by atoms with E-state index < -0.39 is 17.9 Å². The number of fused-ring (bicyclic) bond motifs is 6. The second-order valence-electron chi connectivity index (χ2n) is 34.2. The summed E-state index contributed by atoms with van der Waals surface area (Å²) in [6, 6.07) is 95.2. The zero-order valence-corrected chi connectivity index (χ0v) is 73.9. The lowest BCUT2D eigenvalue weighted by atomic mass is 9.91. The SMILES string of the molecule is COC(=O)c1cc(C#Cc2ccc(C#Cc3cc(-c4cc(-c5cc(C#Cc6ccc(C#Cc7cc(C(=O)OC)c8cc(C(C)C)cccc7-8)cc6)c6cc(C(C)C)cccc5-6)cc(-c5cc(C#Cc6ccc(C#Cc7cc(C(=O)OC)c8cc(C(C)C)cccc7-8)cc6)c6cc(C(C)C)cccc5-6)c4)c4cccc(C(C)C)cc3-4)cc2)c2cccc(C(C)C)cc1-2. The maximum absolute atomic E-state index is 13.2. The highest BCUT2D eigenvalue weighted by atomic mass is 16.5. The fourth-order valence-corrected chi connectivity index (χ4v) is 16.5. The Balaban J connectivity index is 0.814. The third-order valence-corrected chi connectivity index (χ3v) is 23.9. The Morgan fingerprint density at radius 1 is 0.190 bits per heavy atom. The molecule has 0 atom stereocenters. The van der Waals surface area contributed by atoms with E-state index in [4.69, 9.17) is 14.2 Å². The molecule has 0 bridgehead atoms. The van der Waals surface area contributed by atoms with Gasteiger partial charge in [0.15, 0.2) is 0 Å². The molecule has 0 amide bonds. The number of carbonyl (C=O) groups is 3. The zero-order valence-electron chi connectivity index (χ0n) is 73.9. The summed E-state index contributed by atoms with van der Waals surface area (Å²) in [5.41, 5.74) is 36.0. The molecule has 0 unspecified atom stereocenters. The van der Waals surface area contributed by atoms with Gasteiger partial charge in [0.2, 0.25) is 0 Å². The Morgan fingerprint density at radius 2 is 0.373 bits per heavy atom. The van der Waals surface area contributed by atoms with Crippen LogP contribution in [-0.4, -0.2) is 39.2 Å². The van der Waals surface area contributed by atoms with Crippen LogP contribution in [0, 0.1) is 71.0 Å². The normalized spacial score (nSPS) is 11.1. The minimum atomic E-state index is -0.394. The number of benzene rings is 4. The van der Waals surface area contributed by atoms with E-state index >= 15 is 0 Å². The van der Waals surface area contributed by atoms with E-state index in [-0.39, 0.29) is 35.5 Å². The van der Waals surface area contributed by atoms with Crippen LogP contribution < -0.4 is 0 Å². The van der Waals surface area contributed by atoms with Crippen molar-refractivity contribution in [2.24, 2.45) is 0 Å². The largest absolute Gasteiger partial charge is 0.465 e. The van der Waals surface area contributed by atoms with Crippen LogP contribution in [0.2, 0.25) is 0 Å². The average Bonchev–Trinajstić information content (AvgIpc) is 1.48. The van der Waals surface area contributed by atoms with Crippen molar-refractivity contribution in [1.82, 2.24) is 0 Å². The number of hydrogen-bond acceptors (Lipinski definition) is 6. The van der Waals surface area contributed by atoms with E-state index in [1.54, 1.807) is 0 Å². The van der Waals surface area contributed by atoms with Gasteiger partial charge in [-0.2, -0.15) is 0 Å². The Labute approximate surface area is 742 Å². The highest BCUT2D eigenvalue weighted by Crippen LogP contribution is 2.49. The van der Waals surface area contributed by atoms with E-state index in [1.807, 2.05) is 127 Å². The predicted octanol–water partition coefficient (Wildman–Crippen LogP) is 27.8. The van der Waals surface area contributed by atoms with Gasteiger partial charge in [-0.25, -0.2) is 14.4 Å². The van der Waals surface area contributed by atoms with Crippen molar-refractivity contribution in [3.05, 3.63) is 390 Å². The van der Waals surface area contributed by atoms with Gasteiger partial charge < -0.3 is 14.2 Å². The topological polar surface area (TPSA) is 78.9 Å². The molecule has 0 aliphatic heterocycles. The molecule has 612 valence electrons. The quantitative estimate of drug-likeness (QED) is 0.0689. The summed E-state index contributed by atoms with van der Waals surface area (Å²) in [5, 5.41) is 0. The Hall–Kier alpha value is -15.2. The van der Waals surface area contributed by atoms with Gasteiger partial charge in [0.05, 0.1) is 38.0 Å². The zero-order chi connectivity index (χ0) is 88.1. The monoisotopic (exact) mass is 1630 g/mol. The van der Waals surface area contributed by atoms with Crippen molar-refractivity contribution in [3.8, 4) is 171 Å². The first-order chi connectivity index (χ1) is 61.0. The molecular weight excluding hydrogens is 1540 g/mol. The standard InChI is InChI=1S/C120H96O6/c1-73(2)85-25-19-31-103-106(61-85)94(55-49-82-40-34-79(35-41-82)46-52-91-70-115(118(121)124-13)112-64-88(76(7)8)22-16-28-100(91)112)67-109(103)97-58-98(110-68-95(107-62-86(74(3)4)26-20-32-104(107)110)56-50-83-42-36-80(37-43-83)47-53-92-71-116(119(122)125-14)113-65-89(77(9)10)23-17-29-101(92)113)60-99(59-97)111-69-96(108-63-87(75(5)6)27-21-33-105(108)111)57-51-84-44-38-81(39-45-84)48-54-93-72-117(120(123)126-15)114-66-90(78(11)12)24-18-30-102(93)114/h16-45,58-78H,1-15H3. The molecule has 6 nitrogen and oxygen atoms in total. The summed E-state index contributed by atoms with van der Waals surface area (Å²) in [7, 11) is 4.24. The van der Waals surface area contributed by atoms with Crippen molar-refractivity contribution in [1.29, 1.82) is 0 Å². The molecule has 12 aliphatic rings. The number of rotatable bonds is 12. The highest BCUT2D eigenvalue weighted by molar-refractivity contribution is 6.05. The van der Waals surface area contributed by atoms with E-state index in [0.29, 0.717) is 16.7 Å². The van der Waals surface area contributed by atoms with Gasteiger partial charge >= 0.3 is 17.9 Å². The summed E-state index contributed by atoms with van der Waals surface area (Å²) >= 11 is 0. The molecule has 6 heteroatoms. The van der Waals surface area contributed by atoms with Crippen LogP contribution in [0.25, 0.3) is 100 Å². The van der Waals surface area contributed by atoms with Crippen LogP contribution in [0.1, 0.15) is 250 Å². The fourth-order valence-electron chi connectivity index (χ4n) is 16.5. The maximum atomic E-state index is 13.2. The number of methoxy groups -OCH3 is 3. The Kier molecular flexibility index (Phi) is 24.5. The van der Waals surface area contributed by atoms with Gasteiger partial charge in [0, 0.05) is 66.8 Å². The number of hydrogen-bond donors (Lipinski definition) is 0. The Bertz CT molecular complexity index is 6470. The number of carbonyl (C=O) groups excluding carboxylic acids is 3. The van der Waals surface area contributed by atoms with Gasteiger partial charge in [-0.1, -0.05) is 263 Å². The first-order valence-electron chi connectivity index (χ1n) is 43.2. The molecule has 0 radical (unpaired) electrons. The summed E-state index contributed by atoms with van der Waals surface area (Å²) in [5.74, 6) is 42.5. The third kappa shape index (κ3) is 17.8. The van der Waals surface area contributed by atoms with Crippen molar-refractivity contribution < 1.29 is 28.6 Å². The molecule has 0 saturated carbocycles. The van der Waals surface area contributed by atoms with Gasteiger partial charge in [-0.05, 0) is 333 Å². The number of esters is 3. The second kappa shape index (κ2) is 36.5. The third-order valence-electron chi connectivity index (χ3n) is 23.9. The summed E-state index contributed by atoms with van der Waals surface area (Å²) < 4.78 is 15.8. The molecule has 0 heterocycles. The maximum Gasteiger partial charge on any atom is 0.338 e. The van der Waals surface area contributed by atoms with E-state index in [2.05, 4.69) is 300 Å². The van der Waals surface area contributed by atoms with Crippen LogP contribution in [0.3, 0.4) is 0 Å². The lowest BCUT2D eigenvalue weighted by molar-refractivity contribution is 0.0593. The molecule has 4 aromatic rings. The van der Waals surface area contributed by atoms with Crippen LogP contribution in [0.4, 0.5) is 0 Å². The molecule has 0 saturated heterocycles. The first-order valence-corrected chi connectivity index (χ1v) is 43.2. The minimum absolute atomic E-state index is 0.233. The lowest BCUT2D eigenvalue weighted by Crippen LogP contribution is -2.00. The molecule has 4 aromatic carbocycles. The van der Waals surface area contributed by atoms with Crippen LogP contribution in [0.15, 0.2) is 273 Å². The smallest absolute Gasteiger partial charge is 0.338 e. The molecule has 0 spiro atoms. The van der Waals surface area contributed by atoms with E-state index in [1.165, 1.54) is 38.0 Å². The van der Waals surface area contributed by atoms with Crippen LogP contribution in [-0.2, 0) is 14.2 Å². The lowest BCUT2D eigenvalue weighted by Gasteiger charge is -2.12. The first kappa shape index (κ1) is 84.5. The summed E-state index contributed by atoms with van der Waals surface area (Å²) in [6.45, 7) is 26.3. The summed E-state index contributed by atoms with van der Waals surface area (Å²) in [4.78, 5) is 39.5. The molecule has 16 rings (SSSR count). The van der Waals surface area contributed by atoms with Crippen molar-refractivity contribution >= 4 is 17.9 Å². The molecule has 126 heavy (non-hydrogen) atoms. The molecule has 0 N–H and O–H groups in total.